The Hall–Kier alpha value is -3.21. The Kier molecular flexibility index (Phi) is 4.81. The zero-order valence-electron chi connectivity index (χ0n) is 18.7. The van der Waals surface area contributed by atoms with Gasteiger partial charge >= 0.3 is 0 Å². The number of allylic oxidation sites excluding steroid dienone is 1. The largest absolute Gasteiger partial charge is 0.508 e. The van der Waals surface area contributed by atoms with Crippen molar-refractivity contribution in [2.24, 2.45) is 11.3 Å². The molecule has 0 spiro atoms. The van der Waals surface area contributed by atoms with E-state index in [1.165, 1.54) is 17.7 Å². The summed E-state index contributed by atoms with van der Waals surface area (Å²) in [6, 6.07) is 9.71. The number of halogens is 1. The van der Waals surface area contributed by atoms with Crippen molar-refractivity contribution in [1.29, 1.82) is 0 Å². The third-order valence-electron chi connectivity index (χ3n) is 7.35. The fraction of sp³-hybridized carbons (Fsp3) is 0.333. The van der Waals surface area contributed by atoms with Gasteiger partial charge in [0.05, 0.1) is 17.6 Å². The molecule has 1 heterocycles. The van der Waals surface area contributed by atoms with Gasteiger partial charge in [-0.15, -0.1) is 0 Å². The molecule has 0 radical (unpaired) electrons. The fourth-order valence-electron chi connectivity index (χ4n) is 5.75. The Balaban J connectivity index is 1.55. The molecule has 2 aromatic carbocycles. The van der Waals surface area contributed by atoms with Gasteiger partial charge in [0.15, 0.2) is 5.78 Å². The Morgan fingerprint density at radius 1 is 1.19 bits per heavy atom. The molecule has 0 aliphatic heterocycles. The first-order valence-corrected chi connectivity index (χ1v) is 11.2. The summed E-state index contributed by atoms with van der Waals surface area (Å²) in [4.78, 5) is 13.8. The molecule has 5 heteroatoms. The van der Waals surface area contributed by atoms with Crippen LogP contribution in [0, 0.1) is 31.0 Å². The van der Waals surface area contributed by atoms with E-state index in [2.05, 4.69) is 18.1 Å². The summed E-state index contributed by atoms with van der Waals surface area (Å²) in [5.41, 5.74) is 6.37. The lowest BCUT2D eigenvalue weighted by atomic mass is 9.58. The lowest BCUT2D eigenvalue weighted by Crippen LogP contribution is -2.41. The van der Waals surface area contributed by atoms with Crippen LogP contribution in [0.15, 0.2) is 48.2 Å². The van der Waals surface area contributed by atoms with Gasteiger partial charge in [-0.3, -0.25) is 4.79 Å². The molecule has 32 heavy (non-hydrogen) atoms. The third-order valence-corrected chi connectivity index (χ3v) is 7.35. The minimum atomic E-state index is -0.269. The second-order valence-electron chi connectivity index (χ2n) is 9.47. The molecule has 2 aliphatic rings. The van der Waals surface area contributed by atoms with Crippen molar-refractivity contribution in [3.8, 4) is 11.4 Å². The number of Topliss-reactive ketones (excluding diaryl/α,β-unsaturated/α-hetero) is 1. The highest BCUT2D eigenvalue weighted by Crippen LogP contribution is 2.52. The monoisotopic (exact) mass is 430 g/mol. The summed E-state index contributed by atoms with van der Waals surface area (Å²) in [6.45, 7) is 6.00. The Labute approximate surface area is 187 Å². The number of fused-ring (bicyclic) bond motifs is 2. The van der Waals surface area contributed by atoms with Crippen molar-refractivity contribution >= 4 is 11.9 Å². The van der Waals surface area contributed by atoms with E-state index in [9.17, 15) is 14.3 Å². The molecule has 4 nitrogen and oxygen atoms in total. The number of rotatable bonds is 3. The number of benzene rings is 2. The molecule has 2 aliphatic carbocycles. The predicted octanol–water partition coefficient (Wildman–Crippen LogP) is 5.96. The molecule has 0 saturated heterocycles. The van der Waals surface area contributed by atoms with Gasteiger partial charge in [0, 0.05) is 16.9 Å². The maximum atomic E-state index is 13.8. The number of aryl methyl sites for hydroxylation is 2. The number of hydrogen-bond donors (Lipinski definition) is 1. The number of hydrogen-bond acceptors (Lipinski definition) is 3. The van der Waals surface area contributed by atoms with Crippen LogP contribution in [-0.4, -0.2) is 20.7 Å². The number of nitrogens with zero attached hydrogens (tertiary/aromatic N) is 2. The Morgan fingerprint density at radius 2 is 1.88 bits per heavy atom. The number of phenolic OH excluding ortho intramolecular Hbond substituents is 1. The van der Waals surface area contributed by atoms with Gasteiger partial charge in [-0.05, 0) is 98.7 Å². The molecule has 2 unspecified atom stereocenters. The molecular formula is C27H27FN2O2. The number of carbonyl (C=O) groups excluding carboxylic acids is 1. The highest BCUT2D eigenvalue weighted by atomic mass is 19.1. The number of carbonyl (C=O) groups is 1. The Morgan fingerprint density at radius 3 is 2.56 bits per heavy atom. The van der Waals surface area contributed by atoms with E-state index < -0.39 is 0 Å². The Bertz CT molecular complexity index is 1230. The van der Waals surface area contributed by atoms with E-state index in [0.717, 1.165) is 59.3 Å². The molecule has 0 bridgehead atoms. The van der Waals surface area contributed by atoms with Gasteiger partial charge in [0.2, 0.25) is 0 Å². The SMILES string of the molecule is Cc1cc(O)cc(C)c1C(=O)C1CCCC2=Cc3c(cnn3-c3ccc(F)cc3)CC21C. The number of aromatic hydroxyl groups is 1. The van der Waals surface area contributed by atoms with Crippen LogP contribution in [0.1, 0.15) is 58.9 Å². The number of phenols is 1. The van der Waals surface area contributed by atoms with E-state index in [1.807, 2.05) is 24.7 Å². The van der Waals surface area contributed by atoms with Crippen molar-refractivity contribution in [2.45, 2.75) is 46.5 Å². The van der Waals surface area contributed by atoms with Crippen LogP contribution in [0.3, 0.4) is 0 Å². The smallest absolute Gasteiger partial charge is 0.167 e. The van der Waals surface area contributed by atoms with Crippen LogP contribution in [0.2, 0.25) is 0 Å². The first kappa shape index (κ1) is 20.7. The van der Waals surface area contributed by atoms with Crippen LogP contribution in [-0.2, 0) is 6.42 Å². The first-order chi connectivity index (χ1) is 15.3. The first-order valence-electron chi connectivity index (χ1n) is 11.2. The quantitative estimate of drug-likeness (QED) is 0.522. The van der Waals surface area contributed by atoms with Crippen molar-refractivity contribution in [3.63, 3.8) is 0 Å². The van der Waals surface area contributed by atoms with Gasteiger partial charge in [-0.1, -0.05) is 12.5 Å². The second-order valence-corrected chi connectivity index (χ2v) is 9.47. The maximum Gasteiger partial charge on any atom is 0.167 e. The van der Waals surface area contributed by atoms with E-state index in [0.29, 0.717) is 0 Å². The van der Waals surface area contributed by atoms with Gasteiger partial charge in [-0.25, -0.2) is 9.07 Å². The van der Waals surface area contributed by atoms with Crippen molar-refractivity contribution in [2.75, 3.05) is 0 Å². The molecule has 1 fully saturated rings. The van der Waals surface area contributed by atoms with E-state index >= 15 is 0 Å². The highest BCUT2D eigenvalue weighted by Gasteiger charge is 2.47. The molecular weight excluding hydrogens is 403 g/mol. The van der Waals surface area contributed by atoms with Crippen molar-refractivity contribution in [1.82, 2.24) is 9.78 Å². The van der Waals surface area contributed by atoms with E-state index in [1.54, 1.807) is 24.3 Å². The zero-order valence-corrected chi connectivity index (χ0v) is 18.7. The van der Waals surface area contributed by atoms with Gasteiger partial charge in [0.25, 0.3) is 0 Å². The number of ketones is 1. The third kappa shape index (κ3) is 3.19. The molecule has 5 rings (SSSR count). The van der Waals surface area contributed by atoms with Crippen molar-refractivity contribution in [3.05, 3.63) is 81.9 Å². The van der Waals surface area contributed by atoms with E-state index in [-0.39, 0.29) is 28.7 Å². The second kappa shape index (κ2) is 7.44. The maximum absolute atomic E-state index is 13.8. The molecule has 1 saturated carbocycles. The highest BCUT2D eigenvalue weighted by molar-refractivity contribution is 6.01. The molecule has 164 valence electrons. The molecule has 1 N–H and O–H groups in total. The van der Waals surface area contributed by atoms with Crippen molar-refractivity contribution < 1.29 is 14.3 Å². The summed E-state index contributed by atoms with van der Waals surface area (Å²) >= 11 is 0. The summed E-state index contributed by atoms with van der Waals surface area (Å²) < 4.78 is 15.3. The molecule has 0 amide bonds. The van der Waals surface area contributed by atoms with Gasteiger partial charge < -0.3 is 5.11 Å². The summed E-state index contributed by atoms with van der Waals surface area (Å²) in [6.07, 6.45) is 7.61. The minimum absolute atomic E-state index is 0.119. The summed E-state index contributed by atoms with van der Waals surface area (Å²) in [5, 5.41) is 14.5. The normalized spacial score (nSPS) is 22.1. The fourth-order valence-corrected chi connectivity index (χ4v) is 5.75. The average Bonchev–Trinajstić information content (AvgIpc) is 3.13. The molecule has 3 aromatic rings. The standard InChI is InChI=1S/C27H27FN2O2/c1-16-11-22(31)12-17(2)25(16)26(32)23-6-4-5-19-13-24-18(14-27(19,23)3)15-29-30(24)21-9-7-20(28)8-10-21/h7-13,15,23,31H,4-6,14H2,1-3H3. The zero-order chi connectivity index (χ0) is 22.6. The van der Waals surface area contributed by atoms with Crippen LogP contribution in [0.5, 0.6) is 5.75 Å². The number of aromatic nitrogens is 2. The van der Waals surface area contributed by atoms with E-state index in [4.69, 9.17) is 0 Å². The van der Waals surface area contributed by atoms with Crippen LogP contribution in [0.4, 0.5) is 4.39 Å². The molecule has 2 atom stereocenters. The van der Waals surface area contributed by atoms with Crippen LogP contribution < -0.4 is 0 Å². The minimum Gasteiger partial charge on any atom is -0.508 e. The van der Waals surface area contributed by atoms with Crippen LogP contribution >= 0.6 is 0 Å². The van der Waals surface area contributed by atoms with Gasteiger partial charge in [-0.2, -0.15) is 5.10 Å². The molecule has 1 aromatic heterocycles. The topological polar surface area (TPSA) is 55.1 Å². The average molecular weight is 431 g/mol. The lowest BCUT2D eigenvalue weighted by Gasteiger charge is -2.45. The predicted molar refractivity (Wildman–Crippen MR) is 123 cm³/mol. The van der Waals surface area contributed by atoms with Gasteiger partial charge in [0.1, 0.15) is 11.6 Å². The summed E-state index contributed by atoms with van der Waals surface area (Å²) in [5.74, 6) is -0.0223. The van der Waals surface area contributed by atoms with Crippen LogP contribution in [0.25, 0.3) is 11.8 Å². The lowest BCUT2D eigenvalue weighted by molar-refractivity contribution is 0.0761. The summed E-state index contributed by atoms with van der Waals surface area (Å²) in [7, 11) is 0.